The average Bonchev–Trinajstić information content (AvgIpc) is 2.67. The van der Waals surface area contributed by atoms with Gasteiger partial charge in [-0.05, 0) is 36.5 Å². The number of hydrogen-bond acceptors (Lipinski definition) is 2. The van der Waals surface area contributed by atoms with Crippen molar-refractivity contribution in [2.75, 3.05) is 0 Å². The third-order valence-corrected chi connectivity index (χ3v) is 4.13. The molecule has 0 spiro atoms. The van der Waals surface area contributed by atoms with Crippen LogP contribution in [0.3, 0.4) is 0 Å². The molecule has 0 heterocycles. The van der Waals surface area contributed by atoms with E-state index < -0.39 is 5.91 Å². The lowest BCUT2D eigenvalue weighted by molar-refractivity contribution is 0.1000. The van der Waals surface area contributed by atoms with Crippen molar-refractivity contribution in [3.63, 3.8) is 0 Å². The normalized spacial score (nSPS) is 21.5. The predicted octanol–water partition coefficient (Wildman–Crippen LogP) is 2.59. The van der Waals surface area contributed by atoms with Crippen LogP contribution in [0.1, 0.15) is 49.0 Å². The summed E-state index contributed by atoms with van der Waals surface area (Å²) in [6, 6.07) is 4.65. The molecule has 1 aliphatic rings. The van der Waals surface area contributed by atoms with Crippen LogP contribution < -0.4 is 11.1 Å². The topological polar surface area (TPSA) is 55.1 Å². The summed E-state index contributed by atoms with van der Waals surface area (Å²) in [5, 5.41) is 3.40. The number of carbonyl (C=O) groups is 1. The molecule has 4 heteroatoms. The smallest absolute Gasteiger partial charge is 0.248 e. The van der Waals surface area contributed by atoms with Gasteiger partial charge in [0.15, 0.2) is 0 Å². The Hall–Kier alpha value is -1.42. The number of amides is 1. The summed E-state index contributed by atoms with van der Waals surface area (Å²) in [7, 11) is 0. The predicted molar refractivity (Wildman–Crippen MR) is 73.2 cm³/mol. The van der Waals surface area contributed by atoms with E-state index in [9.17, 15) is 9.18 Å². The Morgan fingerprint density at radius 3 is 2.84 bits per heavy atom. The molecule has 1 aromatic rings. The van der Waals surface area contributed by atoms with Gasteiger partial charge < -0.3 is 11.1 Å². The van der Waals surface area contributed by atoms with E-state index >= 15 is 0 Å². The molecule has 1 aromatic carbocycles. The van der Waals surface area contributed by atoms with Gasteiger partial charge in [-0.3, -0.25) is 4.79 Å². The Balaban J connectivity index is 2.07. The monoisotopic (exact) mass is 264 g/mol. The number of benzene rings is 1. The highest BCUT2D eigenvalue weighted by Gasteiger charge is 2.33. The summed E-state index contributed by atoms with van der Waals surface area (Å²) in [5.41, 5.74) is 6.31. The van der Waals surface area contributed by atoms with Crippen LogP contribution in [-0.4, -0.2) is 11.9 Å². The van der Waals surface area contributed by atoms with Crippen LogP contribution in [0.2, 0.25) is 0 Å². The largest absolute Gasteiger partial charge is 0.366 e. The average molecular weight is 264 g/mol. The molecular formula is C15H21FN2O. The number of halogens is 1. The van der Waals surface area contributed by atoms with Gasteiger partial charge >= 0.3 is 0 Å². The molecule has 0 bridgehead atoms. The highest BCUT2D eigenvalue weighted by molar-refractivity contribution is 5.92. The standard InChI is InChI=1S/C15H21FN2O/c1-15(2)7-3-4-13(15)18-9-11-8-10(14(17)19)5-6-12(11)16/h5-6,8,13,18H,3-4,7,9H2,1-2H3,(H2,17,19). The summed E-state index contributed by atoms with van der Waals surface area (Å²) < 4.78 is 13.7. The number of nitrogens with two attached hydrogens (primary N) is 1. The van der Waals surface area contributed by atoms with Crippen LogP contribution in [-0.2, 0) is 6.54 Å². The first-order chi connectivity index (χ1) is 8.90. The van der Waals surface area contributed by atoms with Crippen molar-refractivity contribution in [2.45, 2.75) is 45.7 Å². The Morgan fingerprint density at radius 1 is 1.53 bits per heavy atom. The molecule has 19 heavy (non-hydrogen) atoms. The van der Waals surface area contributed by atoms with Gasteiger partial charge in [0.25, 0.3) is 0 Å². The number of hydrogen-bond donors (Lipinski definition) is 2. The van der Waals surface area contributed by atoms with Gasteiger partial charge in [0, 0.05) is 23.7 Å². The van der Waals surface area contributed by atoms with E-state index in [-0.39, 0.29) is 11.2 Å². The molecule has 1 amide bonds. The molecule has 0 aromatic heterocycles. The fourth-order valence-electron chi connectivity index (χ4n) is 2.80. The molecule has 0 saturated heterocycles. The van der Waals surface area contributed by atoms with Crippen LogP contribution in [0.15, 0.2) is 18.2 Å². The SMILES string of the molecule is CC1(C)CCCC1NCc1cc(C(N)=O)ccc1F. The minimum atomic E-state index is -0.526. The molecule has 3 N–H and O–H groups in total. The van der Waals surface area contributed by atoms with Crippen LogP contribution in [0.25, 0.3) is 0 Å². The third kappa shape index (κ3) is 3.13. The van der Waals surface area contributed by atoms with Gasteiger partial charge in [0.1, 0.15) is 5.82 Å². The molecule has 3 nitrogen and oxygen atoms in total. The Labute approximate surface area is 113 Å². The lowest BCUT2D eigenvalue weighted by Gasteiger charge is -2.28. The van der Waals surface area contributed by atoms with Gasteiger partial charge in [-0.15, -0.1) is 0 Å². The first kappa shape index (κ1) is 14.0. The molecule has 1 aliphatic carbocycles. The lowest BCUT2D eigenvalue weighted by Crippen LogP contribution is -2.37. The summed E-state index contributed by atoms with van der Waals surface area (Å²) in [6.07, 6.45) is 3.51. The zero-order valence-electron chi connectivity index (χ0n) is 11.5. The molecular weight excluding hydrogens is 243 g/mol. The van der Waals surface area contributed by atoms with E-state index in [2.05, 4.69) is 19.2 Å². The van der Waals surface area contributed by atoms with Crippen molar-refractivity contribution < 1.29 is 9.18 Å². The molecule has 0 radical (unpaired) electrons. The van der Waals surface area contributed by atoms with Gasteiger partial charge in [-0.25, -0.2) is 4.39 Å². The van der Waals surface area contributed by atoms with Crippen molar-refractivity contribution in [3.05, 3.63) is 35.1 Å². The maximum absolute atomic E-state index is 13.7. The summed E-state index contributed by atoms with van der Waals surface area (Å²) in [6.45, 7) is 4.89. The second-order valence-corrected chi connectivity index (χ2v) is 5.98. The number of primary amides is 1. The number of rotatable bonds is 4. The fourth-order valence-corrected chi connectivity index (χ4v) is 2.80. The van der Waals surface area contributed by atoms with Crippen LogP contribution in [0.5, 0.6) is 0 Å². The second-order valence-electron chi connectivity index (χ2n) is 5.98. The Bertz CT molecular complexity index is 485. The Morgan fingerprint density at radius 2 is 2.26 bits per heavy atom. The maximum Gasteiger partial charge on any atom is 0.248 e. The van der Waals surface area contributed by atoms with Crippen molar-refractivity contribution >= 4 is 5.91 Å². The van der Waals surface area contributed by atoms with E-state index in [1.165, 1.54) is 31.0 Å². The first-order valence-electron chi connectivity index (χ1n) is 6.72. The molecule has 2 rings (SSSR count). The van der Waals surface area contributed by atoms with E-state index in [1.807, 2.05) is 0 Å². The van der Waals surface area contributed by atoms with Crippen LogP contribution in [0.4, 0.5) is 4.39 Å². The van der Waals surface area contributed by atoms with E-state index in [0.717, 1.165) is 6.42 Å². The van der Waals surface area contributed by atoms with Gasteiger partial charge in [0.2, 0.25) is 5.91 Å². The molecule has 1 fully saturated rings. The molecule has 104 valence electrons. The molecule has 1 atom stereocenters. The maximum atomic E-state index is 13.7. The summed E-state index contributed by atoms with van der Waals surface area (Å²) in [5.74, 6) is -0.823. The quantitative estimate of drug-likeness (QED) is 0.878. The fraction of sp³-hybridized carbons (Fsp3) is 0.533. The highest BCUT2D eigenvalue weighted by atomic mass is 19.1. The van der Waals surface area contributed by atoms with Crippen molar-refractivity contribution in [3.8, 4) is 0 Å². The van der Waals surface area contributed by atoms with E-state index in [1.54, 1.807) is 0 Å². The zero-order valence-corrected chi connectivity index (χ0v) is 11.5. The van der Waals surface area contributed by atoms with Crippen molar-refractivity contribution in [1.29, 1.82) is 0 Å². The molecule has 1 unspecified atom stereocenters. The minimum absolute atomic E-state index is 0.248. The molecule has 0 aliphatic heterocycles. The van der Waals surface area contributed by atoms with Crippen LogP contribution in [0, 0.1) is 11.2 Å². The van der Waals surface area contributed by atoms with E-state index in [0.29, 0.717) is 23.7 Å². The van der Waals surface area contributed by atoms with Crippen LogP contribution >= 0.6 is 0 Å². The van der Waals surface area contributed by atoms with E-state index in [4.69, 9.17) is 5.73 Å². The Kier molecular flexibility index (Phi) is 3.90. The van der Waals surface area contributed by atoms with Crippen molar-refractivity contribution in [2.24, 2.45) is 11.1 Å². The van der Waals surface area contributed by atoms with Crippen molar-refractivity contribution in [1.82, 2.24) is 5.32 Å². The van der Waals surface area contributed by atoms with Gasteiger partial charge in [-0.2, -0.15) is 0 Å². The van der Waals surface area contributed by atoms with Gasteiger partial charge in [0.05, 0.1) is 0 Å². The second kappa shape index (κ2) is 5.29. The molecule has 1 saturated carbocycles. The summed E-state index contributed by atoms with van der Waals surface area (Å²) >= 11 is 0. The minimum Gasteiger partial charge on any atom is -0.366 e. The third-order valence-electron chi connectivity index (χ3n) is 4.13. The zero-order chi connectivity index (χ0) is 14.0. The lowest BCUT2D eigenvalue weighted by atomic mass is 9.87. The summed E-state index contributed by atoms with van der Waals surface area (Å²) in [4.78, 5) is 11.1. The van der Waals surface area contributed by atoms with Gasteiger partial charge in [-0.1, -0.05) is 20.3 Å². The first-order valence-corrected chi connectivity index (χ1v) is 6.72. The number of carbonyl (C=O) groups excluding carboxylic acids is 1. The number of nitrogens with one attached hydrogen (secondary N) is 1. The highest BCUT2D eigenvalue weighted by Crippen LogP contribution is 2.37.